The van der Waals surface area contributed by atoms with E-state index < -0.39 is 5.82 Å². The van der Waals surface area contributed by atoms with Gasteiger partial charge in [-0.3, -0.25) is 9.78 Å². The first-order chi connectivity index (χ1) is 7.85. The maximum atomic E-state index is 12.9. The van der Waals surface area contributed by atoms with E-state index >= 15 is 0 Å². The van der Waals surface area contributed by atoms with Crippen molar-refractivity contribution in [1.82, 2.24) is 9.88 Å². The summed E-state index contributed by atoms with van der Waals surface area (Å²) in [6, 6.07) is 1.18. The van der Waals surface area contributed by atoms with E-state index in [1.54, 1.807) is 7.05 Å². The molecule has 0 bridgehead atoms. The standard InChI is InChI=1S/C12H18FN3O/c1-12(2,7-14)8-16(3)11(17)9-4-10(13)6-15-5-9/h4-6H,7-8,14H2,1-3H3. The summed E-state index contributed by atoms with van der Waals surface area (Å²) < 4.78 is 12.9. The van der Waals surface area contributed by atoms with Gasteiger partial charge in [-0.05, 0) is 18.0 Å². The lowest BCUT2D eigenvalue weighted by atomic mass is 9.93. The smallest absolute Gasteiger partial charge is 0.255 e. The number of amides is 1. The quantitative estimate of drug-likeness (QED) is 0.861. The predicted octanol–water partition coefficient (Wildman–Crippen LogP) is 1.28. The van der Waals surface area contributed by atoms with Crippen LogP contribution in [0.25, 0.3) is 0 Å². The number of hydrogen-bond donors (Lipinski definition) is 1. The monoisotopic (exact) mass is 239 g/mol. The molecule has 0 fully saturated rings. The third kappa shape index (κ3) is 3.78. The lowest BCUT2D eigenvalue weighted by Gasteiger charge is -2.29. The van der Waals surface area contributed by atoms with Gasteiger partial charge < -0.3 is 10.6 Å². The fourth-order valence-corrected chi connectivity index (χ4v) is 1.53. The molecule has 0 aliphatic heterocycles. The number of carbonyl (C=O) groups is 1. The molecule has 1 aromatic rings. The van der Waals surface area contributed by atoms with Crippen LogP contribution in [-0.2, 0) is 0 Å². The molecular weight excluding hydrogens is 221 g/mol. The first-order valence-corrected chi connectivity index (χ1v) is 5.42. The van der Waals surface area contributed by atoms with Crippen molar-refractivity contribution in [3.8, 4) is 0 Å². The topological polar surface area (TPSA) is 59.2 Å². The zero-order chi connectivity index (χ0) is 13.1. The number of pyridine rings is 1. The van der Waals surface area contributed by atoms with Crippen molar-refractivity contribution in [2.75, 3.05) is 20.1 Å². The Balaban J connectivity index is 2.77. The Morgan fingerprint density at radius 3 is 2.71 bits per heavy atom. The van der Waals surface area contributed by atoms with E-state index in [2.05, 4.69) is 4.98 Å². The second-order valence-corrected chi connectivity index (χ2v) is 4.92. The molecule has 0 aromatic carbocycles. The molecule has 1 amide bonds. The molecule has 5 heteroatoms. The van der Waals surface area contributed by atoms with Crippen LogP contribution in [-0.4, -0.2) is 35.9 Å². The summed E-state index contributed by atoms with van der Waals surface area (Å²) in [5, 5.41) is 0. The summed E-state index contributed by atoms with van der Waals surface area (Å²) in [4.78, 5) is 17.2. The van der Waals surface area contributed by atoms with Gasteiger partial charge in [0, 0.05) is 19.8 Å². The second kappa shape index (κ2) is 5.23. The molecule has 0 radical (unpaired) electrons. The molecule has 94 valence electrons. The maximum absolute atomic E-state index is 12.9. The average molecular weight is 239 g/mol. The molecule has 0 saturated carbocycles. The summed E-state index contributed by atoms with van der Waals surface area (Å²) >= 11 is 0. The summed E-state index contributed by atoms with van der Waals surface area (Å²) in [5.41, 5.74) is 5.70. The Kier molecular flexibility index (Phi) is 4.17. The third-order valence-electron chi connectivity index (χ3n) is 2.52. The molecule has 0 unspecified atom stereocenters. The number of halogens is 1. The molecule has 1 rings (SSSR count). The fraction of sp³-hybridized carbons (Fsp3) is 0.500. The van der Waals surface area contributed by atoms with Gasteiger partial charge in [-0.15, -0.1) is 0 Å². The normalized spacial score (nSPS) is 11.4. The Hall–Kier alpha value is -1.49. The van der Waals surface area contributed by atoms with Crippen LogP contribution in [0.3, 0.4) is 0 Å². The summed E-state index contributed by atoms with van der Waals surface area (Å²) in [6.07, 6.45) is 2.43. The van der Waals surface area contributed by atoms with Crippen LogP contribution in [0.15, 0.2) is 18.5 Å². The average Bonchev–Trinajstić information content (AvgIpc) is 2.27. The van der Waals surface area contributed by atoms with E-state index in [0.29, 0.717) is 13.1 Å². The molecule has 0 saturated heterocycles. The van der Waals surface area contributed by atoms with Gasteiger partial charge in [0.1, 0.15) is 5.82 Å². The van der Waals surface area contributed by atoms with E-state index in [4.69, 9.17) is 5.73 Å². The van der Waals surface area contributed by atoms with Crippen molar-refractivity contribution < 1.29 is 9.18 Å². The lowest BCUT2D eigenvalue weighted by molar-refractivity contribution is 0.0739. The number of carbonyl (C=O) groups excluding carboxylic acids is 1. The largest absolute Gasteiger partial charge is 0.341 e. The van der Waals surface area contributed by atoms with Crippen LogP contribution in [0.2, 0.25) is 0 Å². The highest BCUT2D eigenvalue weighted by atomic mass is 19.1. The van der Waals surface area contributed by atoms with Crippen LogP contribution in [0.1, 0.15) is 24.2 Å². The Morgan fingerprint density at radius 1 is 1.53 bits per heavy atom. The van der Waals surface area contributed by atoms with Crippen molar-refractivity contribution in [1.29, 1.82) is 0 Å². The van der Waals surface area contributed by atoms with Crippen LogP contribution >= 0.6 is 0 Å². The highest BCUT2D eigenvalue weighted by Gasteiger charge is 2.22. The van der Waals surface area contributed by atoms with Crippen molar-refractivity contribution in [3.63, 3.8) is 0 Å². The van der Waals surface area contributed by atoms with E-state index in [1.165, 1.54) is 17.2 Å². The SMILES string of the molecule is CN(CC(C)(C)CN)C(=O)c1cncc(F)c1. The highest BCUT2D eigenvalue weighted by Crippen LogP contribution is 2.15. The Labute approximate surface area is 101 Å². The van der Waals surface area contributed by atoms with Gasteiger partial charge in [0.15, 0.2) is 0 Å². The predicted molar refractivity (Wildman–Crippen MR) is 64.0 cm³/mol. The van der Waals surface area contributed by atoms with Crippen LogP contribution in [0.5, 0.6) is 0 Å². The van der Waals surface area contributed by atoms with Gasteiger partial charge in [0.2, 0.25) is 0 Å². The Morgan fingerprint density at radius 2 is 2.18 bits per heavy atom. The molecule has 0 atom stereocenters. The second-order valence-electron chi connectivity index (χ2n) is 4.92. The van der Waals surface area contributed by atoms with Gasteiger partial charge in [-0.1, -0.05) is 13.8 Å². The first-order valence-electron chi connectivity index (χ1n) is 5.42. The zero-order valence-corrected chi connectivity index (χ0v) is 10.4. The summed E-state index contributed by atoms with van der Waals surface area (Å²) in [7, 11) is 1.67. The molecule has 0 spiro atoms. The van der Waals surface area contributed by atoms with Gasteiger partial charge in [0.25, 0.3) is 5.91 Å². The van der Waals surface area contributed by atoms with E-state index in [-0.39, 0.29) is 16.9 Å². The van der Waals surface area contributed by atoms with Crippen LogP contribution < -0.4 is 5.73 Å². The van der Waals surface area contributed by atoms with Crippen molar-refractivity contribution >= 4 is 5.91 Å². The van der Waals surface area contributed by atoms with Gasteiger partial charge >= 0.3 is 0 Å². The zero-order valence-electron chi connectivity index (χ0n) is 10.4. The molecule has 0 aliphatic rings. The molecule has 1 heterocycles. The van der Waals surface area contributed by atoms with E-state index in [9.17, 15) is 9.18 Å². The maximum Gasteiger partial charge on any atom is 0.255 e. The Bertz CT molecular complexity index is 406. The fourth-order valence-electron chi connectivity index (χ4n) is 1.53. The van der Waals surface area contributed by atoms with Gasteiger partial charge in [-0.2, -0.15) is 0 Å². The molecular formula is C12H18FN3O. The molecule has 4 nitrogen and oxygen atoms in total. The number of nitrogens with two attached hydrogens (primary N) is 1. The minimum Gasteiger partial charge on any atom is -0.341 e. The van der Waals surface area contributed by atoms with E-state index in [0.717, 1.165) is 6.20 Å². The summed E-state index contributed by atoms with van der Waals surface area (Å²) in [6.45, 7) is 4.94. The van der Waals surface area contributed by atoms with Crippen molar-refractivity contribution in [2.24, 2.45) is 11.1 Å². The van der Waals surface area contributed by atoms with Gasteiger partial charge in [0.05, 0.1) is 11.8 Å². The van der Waals surface area contributed by atoms with Gasteiger partial charge in [-0.25, -0.2) is 4.39 Å². The summed E-state index contributed by atoms with van der Waals surface area (Å²) in [5.74, 6) is -0.763. The molecule has 2 N–H and O–H groups in total. The first kappa shape index (κ1) is 13.6. The minimum atomic E-state index is -0.512. The number of hydrogen-bond acceptors (Lipinski definition) is 3. The molecule has 17 heavy (non-hydrogen) atoms. The van der Waals surface area contributed by atoms with E-state index in [1.807, 2.05) is 13.8 Å². The number of rotatable bonds is 4. The molecule has 0 aliphatic carbocycles. The highest BCUT2D eigenvalue weighted by molar-refractivity contribution is 5.93. The van der Waals surface area contributed by atoms with Crippen molar-refractivity contribution in [3.05, 3.63) is 29.8 Å². The van der Waals surface area contributed by atoms with Crippen LogP contribution in [0.4, 0.5) is 4.39 Å². The van der Waals surface area contributed by atoms with Crippen molar-refractivity contribution in [2.45, 2.75) is 13.8 Å². The third-order valence-corrected chi connectivity index (χ3v) is 2.52. The molecule has 1 aromatic heterocycles. The minimum absolute atomic E-state index is 0.162. The lowest BCUT2D eigenvalue weighted by Crippen LogP contribution is -2.39. The number of nitrogens with zero attached hydrogens (tertiary/aromatic N) is 2. The number of aromatic nitrogens is 1. The van der Waals surface area contributed by atoms with Crippen LogP contribution in [0, 0.1) is 11.2 Å².